The number of nitrogens with zero attached hydrogens (tertiary/aromatic N) is 3. The third-order valence-corrected chi connectivity index (χ3v) is 6.60. The quantitative estimate of drug-likeness (QED) is 0.247. The topological polar surface area (TPSA) is 105 Å². The number of para-hydroxylation sites is 1. The number of ether oxygens (including phenoxy) is 1. The number of carboxylic acids is 1. The van der Waals surface area contributed by atoms with Gasteiger partial charge in [0.1, 0.15) is 11.8 Å². The number of amides is 2. The molecule has 0 radical (unpaired) electrons. The summed E-state index contributed by atoms with van der Waals surface area (Å²) < 4.78 is 5.95. The van der Waals surface area contributed by atoms with Crippen LogP contribution < -0.4 is 15.0 Å². The molecule has 0 unspecified atom stereocenters. The van der Waals surface area contributed by atoms with Gasteiger partial charge in [0.15, 0.2) is 0 Å². The highest BCUT2D eigenvalue weighted by Gasteiger charge is 2.24. The van der Waals surface area contributed by atoms with E-state index in [9.17, 15) is 14.7 Å². The summed E-state index contributed by atoms with van der Waals surface area (Å²) in [7, 11) is 1.64. The highest BCUT2D eigenvalue weighted by molar-refractivity contribution is 5.94. The van der Waals surface area contributed by atoms with Gasteiger partial charge in [0.25, 0.3) is 0 Å². The first-order valence-electron chi connectivity index (χ1n) is 12.8. The lowest BCUT2D eigenvalue weighted by Crippen LogP contribution is -2.48. The fourth-order valence-corrected chi connectivity index (χ4v) is 4.46. The van der Waals surface area contributed by atoms with Gasteiger partial charge in [0.05, 0.1) is 5.39 Å². The lowest BCUT2D eigenvalue weighted by atomic mass is 10.0. The van der Waals surface area contributed by atoms with Gasteiger partial charge in [-0.25, -0.2) is 14.6 Å². The van der Waals surface area contributed by atoms with Gasteiger partial charge in [-0.05, 0) is 58.8 Å². The predicted molar refractivity (Wildman–Crippen MR) is 154 cm³/mol. The molecule has 200 valence electrons. The van der Waals surface area contributed by atoms with E-state index >= 15 is 0 Å². The van der Waals surface area contributed by atoms with Gasteiger partial charge in [-0.3, -0.25) is 9.88 Å². The largest absolute Gasteiger partial charge is 0.480 e. The van der Waals surface area contributed by atoms with Gasteiger partial charge in [-0.15, -0.1) is 0 Å². The molecule has 0 saturated heterocycles. The lowest BCUT2D eigenvalue weighted by molar-refractivity contribution is -0.139. The zero-order chi connectivity index (χ0) is 27.9. The van der Waals surface area contributed by atoms with E-state index in [1.165, 1.54) is 4.90 Å². The van der Waals surface area contributed by atoms with Crippen LogP contribution in [0.1, 0.15) is 16.7 Å². The van der Waals surface area contributed by atoms with Crippen molar-refractivity contribution in [3.05, 3.63) is 126 Å². The summed E-state index contributed by atoms with van der Waals surface area (Å²) >= 11 is 0. The Balaban J connectivity index is 1.25. The van der Waals surface area contributed by atoms with Crippen molar-refractivity contribution >= 4 is 28.5 Å². The summed E-state index contributed by atoms with van der Waals surface area (Å²) in [6, 6.07) is 26.8. The second-order valence-corrected chi connectivity index (χ2v) is 9.35. The van der Waals surface area contributed by atoms with E-state index in [1.807, 2.05) is 66.7 Å². The highest BCUT2D eigenvalue weighted by Crippen LogP contribution is 2.27. The molecule has 0 bridgehead atoms. The van der Waals surface area contributed by atoms with Gasteiger partial charge in [0.2, 0.25) is 5.88 Å². The number of hydrogen-bond donors (Lipinski definition) is 2. The van der Waals surface area contributed by atoms with Gasteiger partial charge in [0, 0.05) is 37.7 Å². The van der Waals surface area contributed by atoms with Crippen molar-refractivity contribution in [2.45, 2.75) is 18.9 Å². The summed E-state index contributed by atoms with van der Waals surface area (Å²) in [4.78, 5) is 35.1. The van der Waals surface area contributed by atoms with Crippen LogP contribution in [0.4, 0.5) is 10.5 Å². The summed E-state index contributed by atoms with van der Waals surface area (Å²) in [6.45, 7) is 0. The molecule has 3 aromatic carbocycles. The molecular formula is C32H28N4O4. The Bertz CT molecular complexity index is 1620. The summed E-state index contributed by atoms with van der Waals surface area (Å²) in [5.41, 5.74) is 3.53. The van der Waals surface area contributed by atoms with Crippen molar-refractivity contribution in [2.75, 3.05) is 11.9 Å². The van der Waals surface area contributed by atoms with E-state index < -0.39 is 18.0 Å². The minimum absolute atomic E-state index is 0.108. The average molecular weight is 533 g/mol. The van der Waals surface area contributed by atoms with Crippen LogP contribution in [0.25, 0.3) is 10.8 Å². The molecule has 2 aromatic heterocycles. The molecule has 40 heavy (non-hydrogen) atoms. The van der Waals surface area contributed by atoms with Gasteiger partial charge < -0.3 is 15.2 Å². The van der Waals surface area contributed by atoms with Crippen LogP contribution in [-0.4, -0.2) is 40.2 Å². The van der Waals surface area contributed by atoms with Crippen molar-refractivity contribution < 1.29 is 19.4 Å². The van der Waals surface area contributed by atoms with Crippen LogP contribution in [0.15, 0.2) is 110 Å². The Kier molecular flexibility index (Phi) is 7.97. The van der Waals surface area contributed by atoms with Crippen molar-refractivity contribution in [1.29, 1.82) is 0 Å². The van der Waals surface area contributed by atoms with E-state index in [4.69, 9.17) is 4.74 Å². The molecule has 0 aliphatic heterocycles. The number of carbonyl (C=O) groups excluding carboxylic acids is 1. The number of hydrogen-bond acceptors (Lipinski definition) is 5. The van der Waals surface area contributed by atoms with Gasteiger partial charge in [-0.1, -0.05) is 60.7 Å². The standard InChI is InChI=1S/C32H28N4O4/c1-36(29-10-6-5-9-25(29)19-22-7-3-2-4-8-22)32(39)35-28(31(37)38)20-23-11-13-26(14-12-23)40-30-27-21-33-17-15-24(27)16-18-34-30/h2-18,21,28H,19-20H2,1H3,(H,35,39)(H,37,38)/t28-/m0/s1. The van der Waals surface area contributed by atoms with E-state index in [2.05, 4.69) is 15.3 Å². The Morgan fingerprint density at radius 3 is 2.40 bits per heavy atom. The molecule has 0 aliphatic carbocycles. The molecule has 0 fully saturated rings. The Morgan fingerprint density at radius 2 is 1.62 bits per heavy atom. The molecular weight excluding hydrogens is 504 g/mol. The smallest absolute Gasteiger partial charge is 0.326 e. The van der Waals surface area contributed by atoms with Crippen molar-refractivity contribution in [3.63, 3.8) is 0 Å². The molecule has 5 rings (SSSR count). The van der Waals surface area contributed by atoms with Crippen LogP contribution in [0.5, 0.6) is 11.6 Å². The Morgan fingerprint density at radius 1 is 0.900 bits per heavy atom. The van der Waals surface area contributed by atoms with Crippen LogP contribution in [0.2, 0.25) is 0 Å². The van der Waals surface area contributed by atoms with Gasteiger partial charge >= 0.3 is 12.0 Å². The number of carbonyl (C=O) groups is 2. The number of carboxylic acid groups (broad SMARTS) is 1. The van der Waals surface area contributed by atoms with Crippen molar-refractivity contribution in [2.24, 2.45) is 0 Å². The van der Waals surface area contributed by atoms with Crippen LogP contribution in [-0.2, 0) is 17.6 Å². The van der Waals surface area contributed by atoms with Gasteiger partial charge in [-0.2, -0.15) is 0 Å². The molecule has 2 amide bonds. The molecule has 0 aliphatic rings. The minimum Gasteiger partial charge on any atom is -0.480 e. The van der Waals surface area contributed by atoms with E-state index in [0.717, 1.165) is 27.5 Å². The van der Waals surface area contributed by atoms with Crippen molar-refractivity contribution in [1.82, 2.24) is 15.3 Å². The molecule has 2 N–H and O–H groups in total. The highest BCUT2D eigenvalue weighted by atomic mass is 16.5. The second kappa shape index (κ2) is 12.1. The number of aromatic nitrogens is 2. The van der Waals surface area contributed by atoms with E-state index in [1.54, 1.807) is 49.9 Å². The maximum absolute atomic E-state index is 13.1. The number of fused-ring (bicyclic) bond motifs is 1. The third-order valence-electron chi connectivity index (χ3n) is 6.60. The summed E-state index contributed by atoms with van der Waals surface area (Å²) in [5.74, 6) is -0.130. The van der Waals surface area contributed by atoms with Crippen molar-refractivity contribution in [3.8, 4) is 11.6 Å². The first-order chi connectivity index (χ1) is 19.5. The van der Waals surface area contributed by atoms with Crippen LogP contribution in [0.3, 0.4) is 0 Å². The molecule has 1 atom stereocenters. The normalized spacial score (nSPS) is 11.5. The predicted octanol–water partition coefficient (Wildman–Crippen LogP) is 5.85. The zero-order valence-electron chi connectivity index (χ0n) is 21.9. The molecule has 0 saturated carbocycles. The summed E-state index contributed by atoms with van der Waals surface area (Å²) in [6.07, 6.45) is 5.83. The average Bonchev–Trinajstić information content (AvgIpc) is 2.98. The maximum Gasteiger partial charge on any atom is 0.326 e. The fourth-order valence-electron chi connectivity index (χ4n) is 4.46. The number of nitrogens with one attached hydrogen (secondary N) is 1. The first kappa shape index (κ1) is 26.4. The van der Waals surface area contributed by atoms with E-state index in [0.29, 0.717) is 23.7 Å². The number of benzene rings is 3. The number of aliphatic carboxylic acids is 1. The second-order valence-electron chi connectivity index (χ2n) is 9.35. The SMILES string of the molecule is CN(C(=O)N[C@@H](Cc1ccc(Oc2nccc3ccncc23)cc1)C(=O)O)c1ccccc1Cc1ccccc1. The molecule has 5 aromatic rings. The number of rotatable bonds is 9. The lowest BCUT2D eigenvalue weighted by Gasteiger charge is -2.24. The molecule has 8 nitrogen and oxygen atoms in total. The maximum atomic E-state index is 13.1. The third kappa shape index (κ3) is 6.24. The Labute approximate surface area is 231 Å². The molecule has 2 heterocycles. The van der Waals surface area contributed by atoms with Crippen LogP contribution in [0, 0.1) is 0 Å². The number of anilines is 1. The zero-order valence-corrected chi connectivity index (χ0v) is 21.9. The first-order valence-corrected chi connectivity index (χ1v) is 12.8. The Hall–Kier alpha value is -5.24. The van der Waals surface area contributed by atoms with E-state index in [-0.39, 0.29) is 6.42 Å². The minimum atomic E-state index is -1.12. The summed E-state index contributed by atoms with van der Waals surface area (Å²) in [5, 5.41) is 14.3. The number of pyridine rings is 2. The monoisotopic (exact) mass is 532 g/mol. The molecule has 8 heteroatoms. The fraction of sp³-hybridized carbons (Fsp3) is 0.125. The van der Waals surface area contributed by atoms with Crippen LogP contribution >= 0.6 is 0 Å². The number of urea groups is 1. The molecule has 0 spiro atoms.